The number of hydrogen-bond donors (Lipinski definition) is 3. The maximum Gasteiger partial charge on any atom is 0.335 e. The van der Waals surface area contributed by atoms with Gasteiger partial charge >= 0.3 is 12.0 Å². The maximum atomic E-state index is 11.9. The van der Waals surface area contributed by atoms with Gasteiger partial charge < -0.3 is 15.7 Å². The van der Waals surface area contributed by atoms with Crippen molar-refractivity contribution in [2.45, 2.75) is 26.7 Å². The zero-order chi connectivity index (χ0) is 15.6. The van der Waals surface area contributed by atoms with Crippen LogP contribution in [0.25, 0.3) is 0 Å². The van der Waals surface area contributed by atoms with Crippen LogP contribution in [0.1, 0.15) is 37.0 Å². The summed E-state index contributed by atoms with van der Waals surface area (Å²) in [6.07, 6.45) is 2.26. The third-order valence-electron chi connectivity index (χ3n) is 4.12. The first-order valence-electron chi connectivity index (χ1n) is 6.91. The number of carbonyl (C=O) groups excluding carboxylic acids is 1. The van der Waals surface area contributed by atoms with Gasteiger partial charge in [-0.15, -0.1) is 0 Å². The Bertz CT molecular complexity index is 568. The number of benzene rings is 1. The van der Waals surface area contributed by atoms with Crippen molar-refractivity contribution in [2.75, 3.05) is 11.9 Å². The van der Waals surface area contributed by atoms with Crippen molar-refractivity contribution in [1.82, 2.24) is 5.32 Å². The van der Waals surface area contributed by atoms with Crippen molar-refractivity contribution in [2.24, 2.45) is 11.3 Å². The molecule has 2 rings (SSSR count). The Morgan fingerprint density at radius 1 is 1.33 bits per heavy atom. The van der Waals surface area contributed by atoms with Gasteiger partial charge in [0.15, 0.2) is 0 Å². The predicted molar refractivity (Wildman–Crippen MR) is 81.9 cm³/mol. The van der Waals surface area contributed by atoms with Crippen LogP contribution in [0.4, 0.5) is 10.5 Å². The van der Waals surface area contributed by atoms with Crippen LogP contribution in [-0.2, 0) is 0 Å². The molecule has 1 aliphatic carbocycles. The molecule has 3 N–H and O–H groups in total. The zero-order valence-electron chi connectivity index (χ0n) is 12.1. The van der Waals surface area contributed by atoms with Crippen molar-refractivity contribution in [3.8, 4) is 0 Å². The number of anilines is 1. The lowest BCUT2D eigenvalue weighted by molar-refractivity contribution is 0.0697. The van der Waals surface area contributed by atoms with E-state index in [4.69, 9.17) is 16.7 Å². The van der Waals surface area contributed by atoms with E-state index in [1.54, 1.807) is 0 Å². The summed E-state index contributed by atoms with van der Waals surface area (Å²) in [5.41, 5.74) is 0.628. The van der Waals surface area contributed by atoms with E-state index in [1.165, 1.54) is 18.2 Å². The smallest absolute Gasteiger partial charge is 0.335 e. The molecule has 1 saturated carbocycles. The van der Waals surface area contributed by atoms with Crippen LogP contribution in [-0.4, -0.2) is 23.7 Å². The van der Waals surface area contributed by atoms with E-state index < -0.39 is 5.97 Å². The Morgan fingerprint density at radius 2 is 2.00 bits per heavy atom. The van der Waals surface area contributed by atoms with Gasteiger partial charge in [-0.05, 0) is 42.4 Å². The molecule has 0 bridgehead atoms. The van der Waals surface area contributed by atoms with Gasteiger partial charge in [0.05, 0.1) is 5.56 Å². The van der Waals surface area contributed by atoms with Gasteiger partial charge in [-0.3, -0.25) is 0 Å². The summed E-state index contributed by atoms with van der Waals surface area (Å²) in [6.45, 7) is 4.94. The molecule has 0 saturated heterocycles. The van der Waals surface area contributed by atoms with E-state index in [-0.39, 0.29) is 22.0 Å². The summed E-state index contributed by atoms with van der Waals surface area (Å²) in [4.78, 5) is 22.8. The largest absolute Gasteiger partial charge is 0.478 e. The highest BCUT2D eigenvalue weighted by molar-refractivity contribution is 6.31. The van der Waals surface area contributed by atoms with E-state index in [9.17, 15) is 9.59 Å². The molecular formula is C15H19ClN2O3. The lowest BCUT2D eigenvalue weighted by atomic mass is 9.92. The van der Waals surface area contributed by atoms with E-state index in [0.29, 0.717) is 18.2 Å². The first-order valence-corrected chi connectivity index (χ1v) is 7.29. The highest BCUT2D eigenvalue weighted by Gasteiger charge is 2.45. The molecule has 0 aliphatic heterocycles. The average molecular weight is 311 g/mol. The third kappa shape index (κ3) is 3.88. The summed E-state index contributed by atoms with van der Waals surface area (Å²) in [5, 5.41) is 14.7. The number of halogens is 1. The van der Waals surface area contributed by atoms with Crippen LogP contribution in [0.5, 0.6) is 0 Å². The fraction of sp³-hybridized carbons (Fsp3) is 0.467. The van der Waals surface area contributed by atoms with Crippen LogP contribution in [0.3, 0.4) is 0 Å². The van der Waals surface area contributed by atoms with Crippen molar-refractivity contribution in [3.05, 3.63) is 28.8 Å². The molecule has 0 radical (unpaired) electrons. The molecule has 1 aromatic carbocycles. The standard InChI is InChI=1S/C15H19ClN2O3/c1-9(2)15(3-4-15)8-17-14(21)18-12-6-10(13(19)20)5-11(16)7-12/h5-7,9H,3-4,8H2,1-2H3,(H,19,20)(H2,17,18,21). The Labute approximate surface area is 128 Å². The number of carboxylic acid groups (broad SMARTS) is 1. The summed E-state index contributed by atoms with van der Waals surface area (Å²) in [5.74, 6) is -0.555. The SMILES string of the molecule is CC(C)C1(CNC(=O)Nc2cc(Cl)cc(C(=O)O)c2)CC1. The monoisotopic (exact) mass is 310 g/mol. The first-order chi connectivity index (χ1) is 9.82. The highest BCUT2D eigenvalue weighted by atomic mass is 35.5. The van der Waals surface area contributed by atoms with Crippen LogP contribution < -0.4 is 10.6 Å². The van der Waals surface area contributed by atoms with Crippen molar-refractivity contribution in [1.29, 1.82) is 0 Å². The molecule has 0 unspecified atom stereocenters. The molecule has 2 amide bonds. The Balaban J connectivity index is 1.95. The third-order valence-corrected chi connectivity index (χ3v) is 4.34. The van der Waals surface area contributed by atoms with Gasteiger partial charge in [0.2, 0.25) is 0 Å². The Hall–Kier alpha value is -1.75. The molecule has 0 aromatic heterocycles. The fourth-order valence-corrected chi connectivity index (χ4v) is 2.57. The minimum atomic E-state index is -1.09. The molecule has 0 heterocycles. The van der Waals surface area contributed by atoms with E-state index in [1.807, 2.05) is 0 Å². The topological polar surface area (TPSA) is 78.4 Å². The number of carbonyl (C=O) groups is 2. The summed E-state index contributed by atoms with van der Waals surface area (Å²) in [6, 6.07) is 3.89. The van der Waals surface area contributed by atoms with Gasteiger partial charge in [0.25, 0.3) is 0 Å². The van der Waals surface area contributed by atoms with Gasteiger partial charge in [0, 0.05) is 17.3 Å². The summed E-state index contributed by atoms with van der Waals surface area (Å²) >= 11 is 5.84. The molecule has 1 aliphatic rings. The van der Waals surface area contributed by atoms with Crippen LogP contribution in [0, 0.1) is 11.3 Å². The van der Waals surface area contributed by atoms with Gasteiger partial charge in [-0.1, -0.05) is 25.4 Å². The molecule has 0 atom stereocenters. The van der Waals surface area contributed by atoms with E-state index in [0.717, 1.165) is 12.8 Å². The van der Waals surface area contributed by atoms with Crippen molar-refractivity contribution < 1.29 is 14.7 Å². The Kier molecular flexibility index (Phi) is 4.42. The number of rotatable bonds is 5. The van der Waals surface area contributed by atoms with E-state index >= 15 is 0 Å². The van der Waals surface area contributed by atoms with Crippen molar-refractivity contribution >= 4 is 29.3 Å². The number of hydrogen-bond acceptors (Lipinski definition) is 2. The predicted octanol–water partition coefficient (Wildman–Crippen LogP) is 3.60. The number of aromatic carboxylic acids is 1. The number of carboxylic acids is 1. The lowest BCUT2D eigenvalue weighted by Crippen LogP contribution is -2.35. The molecule has 0 spiro atoms. The normalized spacial score (nSPS) is 15.6. The number of nitrogens with one attached hydrogen (secondary N) is 2. The quantitative estimate of drug-likeness (QED) is 0.777. The molecule has 21 heavy (non-hydrogen) atoms. The van der Waals surface area contributed by atoms with Crippen molar-refractivity contribution in [3.63, 3.8) is 0 Å². The van der Waals surface area contributed by atoms with Gasteiger partial charge in [-0.25, -0.2) is 9.59 Å². The minimum absolute atomic E-state index is 0.0404. The fourth-order valence-electron chi connectivity index (χ4n) is 2.34. The molecule has 114 valence electrons. The minimum Gasteiger partial charge on any atom is -0.478 e. The second-order valence-electron chi connectivity index (χ2n) is 5.86. The lowest BCUT2D eigenvalue weighted by Gasteiger charge is -2.20. The molecule has 1 aromatic rings. The van der Waals surface area contributed by atoms with E-state index in [2.05, 4.69) is 24.5 Å². The molecule has 1 fully saturated rings. The van der Waals surface area contributed by atoms with Gasteiger partial charge in [0.1, 0.15) is 0 Å². The molecule has 6 heteroatoms. The molecule has 5 nitrogen and oxygen atoms in total. The van der Waals surface area contributed by atoms with Crippen LogP contribution >= 0.6 is 11.6 Å². The van der Waals surface area contributed by atoms with Crippen LogP contribution in [0.15, 0.2) is 18.2 Å². The molecular weight excluding hydrogens is 292 g/mol. The summed E-state index contributed by atoms with van der Waals surface area (Å²) in [7, 11) is 0. The maximum absolute atomic E-state index is 11.9. The number of amides is 2. The van der Waals surface area contributed by atoms with Crippen LogP contribution in [0.2, 0.25) is 5.02 Å². The second-order valence-corrected chi connectivity index (χ2v) is 6.29. The summed E-state index contributed by atoms with van der Waals surface area (Å²) < 4.78 is 0. The number of urea groups is 1. The highest BCUT2D eigenvalue weighted by Crippen LogP contribution is 2.51. The van der Waals surface area contributed by atoms with Gasteiger partial charge in [-0.2, -0.15) is 0 Å². The first kappa shape index (κ1) is 15.6. The zero-order valence-corrected chi connectivity index (χ0v) is 12.8. The average Bonchev–Trinajstić information content (AvgIpc) is 3.16. The second kappa shape index (κ2) is 5.93. The Morgan fingerprint density at radius 3 is 2.52 bits per heavy atom.